The van der Waals surface area contributed by atoms with Crippen LogP contribution in [0.15, 0.2) is 18.2 Å². The molecule has 1 amide bonds. The first-order valence-electron chi connectivity index (χ1n) is 11.9. The van der Waals surface area contributed by atoms with E-state index in [9.17, 15) is 9.90 Å². The third kappa shape index (κ3) is 3.44. The number of likely N-dealkylation sites (tertiary alicyclic amines) is 1. The van der Waals surface area contributed by atoms with Gasteiger partial charge in [0.25, 0.3) is 0 Å². The molecule has 1 aromatic heterocycles. The smallest absolute Gasteiger partial charge is 0.226 e. The van der Waals surface area contributed by atoms with Crippen LogP contribution in [0, 0.1) is 5.92 Å². The molecule has 1 saturated carbocycles. The van der Waals surface area contributed by atoms with Crippen molar-refractivity contribution in [2.24, 2.45) is 5.92 Å². The summed E-state index contributed by atoms with van der Waals surface area (Å²) >= 11 is 0. The number of nitrogens with one attached hydrogen (secondary N) is 1. The minimum Gasteiger partial charge on any atom is -0.497 e. The van der Waals surface area contributed by atoms with Crippen molar-refractivity contribution in [2.45, 2.75) is 56.4 Å². The van der Waals surface area contributed by atoms with E-state index in [0.29, 0.717) is 6.54 Å². The van der Waals surface area contributed by atoms with Crippen LogP contribution in [0.25, 0.3) is 10.9 Å². The number of fused-ring (bicyclic) bond motifs is 4. The largest absolute Gasteiger partial charge is 0.497 e. The Balaban J connectivity index is 1.62. The van der Waals surface area contributed by atoms with Crippen LogP contribution < -0.4 is 4.74 Å². The van der Waals surface area contributed by atoms with Crippen molar-refractivity contribution in [3.8, 4) is 5.75 Å². The molecule has 6 nitrogen and oxygen atoms in total. The molecule has 1 atom stereocenters. The molecule has 0 bridgehead atoms. The lowest BCUT2D eigenvalue weighted by atomic mass is 9.68. The highest BCUT2D eigenvalue weighted by Gasteiger charge is 2.49. The lowest BCUT2D eigenvalue weighted by Gasteiger charge is -2.50. The van der Waals surface area contributed by atoms with Gasteiger partial charge in [-0.15, -0.1) is 0 Å². The Morgan fingerprint density at radius 1 is 1.23 bits per heavy atom. The zero-order chi connectivity index (χ0) is 21.6. The number of aromatic nitrogens is 1. The summed E-state index contributed by atoms with van der Waals surface area (Å²) in [6.07, 6.45) is 7.55. The summed E-state index contributed by atoms with van der Waals surface area (Å²) in [7, 11) is 3.86. The summed E-state index contributed by atoms with van der Waals surface area (Å²) in [4.78, 5) is 21.7. The van der Waals surface area contributed by atoms with Crippen LogP contribution in [-0.4, -0.2) is 66.2 Å². The fraction of sp³-hybridized carbons (Fsp3) is 0.640. The molecular weight excluding hydrogens is 390 g/mol. The summed E-state index contributed by atoms with van der Waals surface area (Å²) in [5.41, 5.74) is 3.33. The molecule has 2 aliphatic heterocycles. The van der Waals surface area contributed by atoms with Gasteiger partial charge in [-0.25, -0.2) is 0 Å². The molecule has 0 radical (unpaired) electrons. The van der Waals surface area contributed by atoms with Gasteiger partial charge in [-0.3, -0.25) is 4.79 Å². The van der Waals surface area contributed by atoms with Crippen molar-refractivity contribution in [1.29, 1.82) is 0 Å². The number of ether oxygens (including phenoxy) is 1. The first-order valence-corrected chi connectivity index (χ1v) is 11.9. The van der Waals surface area contributed by atoms with Crippen molar-refractivity contribution in [1.82, 2.24) is 14.8 Å². The SMILES string of the molecule is COc1ccc2c3c([nH]c2c1)[C@H](CO)N(C(=O)C1CCCCC1)CC31CCN(C)CC1. The Morgan fingerprint density at radius 3 is 2.65 bits per heavy atom. The Labute approximate surface area is 184 Å². The number of aromatic amines is 1. The normalized spacial score (nSPS) is 24.5. The minimum atomic E-state index is -0.298. The topological polar surface area (TPSA) is 68.8 Å². The zero-order valence-electron chi connectivity index (χ0n) is 18.8. The van der Waals surface area contributed by atoms with Crippen molar-refractivity contribution < 1.29 is 14.6 Å². The van der Waals surface area contributed by atoms with Crippen molar-refractivity contribution in [2.75, 3.05) is 40.4 Å². The van der Waals surface area contributed by atoms with E-state index in [0.717, 1.165) is 68.6 Å². The van der Waals surface area contributed by atoms with Crippen LogP contribution in [0.1, 0.15) is 62.2 Å². The number of amides is 1. The Hall–Kier alpha value is -2.05. The van der Waals surface area contributed by atoms with Crippen LogP contribution in [0.2, 0.25) is 0 Å². The van der Waals surface area contributed by atoms with Gasteiger partial charge in [0.15, 0.2) is 0 Å². The molecule has 3 aliphatic rings. The highest BCUT2D eigenvalue weighted by Crippen LogP contribution is 2.49. The van der Waals surface area contributed by atoms with Gasteiger partial charge in [-0.05, 0) is 63.5 Å². The first kappa shape index (κ1) is 20.8. The van der Waals surface area contributed by atoms with Crippen LogP contribution in [-0.2, 0) is 10.2 Å². The minimum absolute atomic E-state index is 0.0502. The van der Waals surface area contributed by atoms with Crippen molar-refractivity contribution in [3.05, 3.63) is 29.5 Å². The summed E-state index contributed by atoms with van der Waals surface area (Å²) in [6.45, 7) is 2.72. The molecule has 0 unspecified atom stereocenters. The average Bonchev–Trinajstić information content (AvgIpc) is 3.20. The van der Waals surface area contributed by atoms with Gasteiger partial charge >= 0.3 is 0 Å². The summed E-state index contributed by atoms with van der Waals surface area (Å²) in [5, 5.41) is 11.7. The van der Waals surface area contributed by atoms with Gasteiger partial charge in [0.05, 0.1) is 19.8 Å². The van der Waals surface area contributed by atoms with Crippen LogP contribution in [0.5, 0.6) is 5.75 Å². The number of piperidine rings is 1. The van der Waals surface area contributed by atoms with Crippen LogP contribution in [0.3, 0.4) is 0 Å². The maximum absolute atomic E-state index is 13.7. The van der Waals surface area contributed by atoms with Crippen molar-refractivity contribution >= 4 is 16.8 Å². The number of aliphatic hydroxyl groups excluding tert-OH is 1. The van der Waals surface area contributed by atoms with E-state index in [-0.39, 0.29) is 29.9 Å². The second kappa shape index (κ2) is 8.14. The Morgan fingerprint density at radius 2 is 1.97 bits per heavy atom. The van der Waals surface area contributed by atoms with Gasteiger partial charge in [-0.1, -0.05) is 19.3 Å². The number of rotatable bonds is 3. The number of H-pyrrole nitrogens is 1. The van der Waals surface area contributed by atoms with E-state index in [4.69, 9.17) is 4.74 Å². The van der Waals surface area contributed by atoms with E-state index in [1.165, 1.54) is 17.4 Å². The fourth-order valence-corrected chi connectivity index (χ4v) is 6.28. The summed E-state index contributed by atoms with van der Waals surface area (Å²) in [6, 6.07) is 5.91. The molecule has 2 N–H and O–H groups in total. The highest BCUT2D eigenvalue weighted by atomic mass is 16.5. The molecule has 5 rings (SSSR count). The quantitative estimate of drug-likeness (QED) is 0.789. The highest BCUT2D eigenvalue weighted by molar-refractivity contribution is 5.89. The summed E-state index contributed by atoms with van der Waals surface area (Å²) < 4.78 is 5.46. The van der Waals surface area contributed by atoms with Crippen LogP contribution in [0.4, 0.5) is 0 Å². The Bertz CT molecular complexity index is 954. The van der Waals surface area contributed by atoms with E-state index in [2.05, 4.69) is 23.0 Å². The van der Waals surface area contributed by atoms with E-state index >= 15 is 0 Å². The molecular formula is C25H35N3O3. The van der Waals surface area contributed by atoms with Crippen molar-refractivity contribution in [3.63, 3.8) is 0 Å². The van der Waals surface area contributed by atoms with Gasteiger partial charge < -0.3 is 24.6 Å². The molecule has 3 heterocycles. The third-order valence-corrected chi connectivity index (χ3v) is 8.10. The predicted octanol–water partition coefficient (Wildman–Crippen LogP) is 3.60. The van der Waals surface area contributed by atoms with E-state index in [1.54, 1.807) is 7.11 Å². The maximum Gasteiger partial charge on any atom is 0.226 e. The molecule has 2 fully saturated rings. The lowest BCUT2D eigenvalue weighted by Crippen LogP contribution is -2.56. The van der Waals surface area contributed by atoms with Gasteiger partial charge in [-0.2, -0.15) is 0 Å². The second-order valence-corrected chi connectivity index (χ2v) is 9.91. The van der Waals surface area contributed by atoms with Crippen LogP contribution >= 0.6 is 0 Å². The summed E-state index contributed by atoms with van der Waals surface area (Å²) in [5.74, 6) is 1.18. The molecule has 31 heavy (non-hydrogen) atoms. The standard InChI is InChI=1S/C25H35N3O3/c1-27-12-10-25(11-13-27)16-28(24(30)17-6-4-3-5-7-17)21(15-29)23-22(25)19-9-8-18(31-2)14-20(19)26-23/h8-9,14,17,21,26,29H,3-7,10-13,15-16H2,1-2H3/t21-/m0/s1. The molecule has 1 saturated heterocycles. The molecule has 2 aromatic rings. The number of nitrogens with zero attached hydrogens (tertiary/aromatic N) is 2. The number of benzene rings is 1. The van der Waals surface area contributed by atoms with Gasteiger partial charge in [0.1, 0.15) is 5.75 Å². The molecule has 1 aromatic carbocycles. The fourth-order valence-electron chi connectivity index (χ4n) is 6.28. The molecule has 1 spiro atoms. The Kier molecular flexibility index (Phi) is 5.47. The molecule has 1 aliphatic carbocycles. The second-order valence-electron chi connectivity index (χ2n) is 9.91. The number of aliphatic hydroxyl groups is 1. The number of carbonyl (C=O) groups excluding carboxylic acids is 1. The molecule has 6 heteroatoms. The zero-order valence-corrected chi connectivity index (χ0v) is 18.8. The third-order valence-electron chi connectivity index (χ3n) is 8.10. The van der Waals surface area contributed by atoms with E-state index in [1.807, 2.05) is 17.0 Å². The van der Waals surface area contributed by atoms with Gasteiger partial charge in [0.2, 0.25) is 5.91 Å². The van der Waals surface area contributed by atoms with E-state index < -0.39 is 0 Å². The number of carbonyl (C=O) groups is 1. The number of hydrogen-bond acceptors (Lipinski definition) is 4. The predicted molar refractivity (Wildman–Crippen MR) is 121 cm³/mol. The molecule has 168 valence electrons. The maximum atomic E-state index is 13.7. The first-order chi connectivity index (χ1) is 15.1. The average molecular weight is 426 g/mol. The lowest BCUT2D eigenvalue weighted by molar-refractivity contribution is -0.142. The monoisotopic (exact) mass is 425 g/mol. The number of hydrogen-bond donors (Lipinski definition) is 2. The number of methoxy groups -OCH3 is 1. The van der Waals surface area contributed by atoms with Gasteiger partial charge in [0, 0.05) is 40.5 Å².